The Bertz CT molecular complexity index is 895. The van der Waals surface area contributed by atoms with E-state index in [1.54, 1.807) is 4.90 Å². The van der Waals surface area contributed by atoms with E-state index in [9.17, 15) is 18.0 Å². The van der Waals surface area contributed by atoms with Crippen molar-refractivity contribution in [2.75, 3.05) is 33.3 Å². The van der Waals surface area contributed by atoms with Crippen molar-refractivity contribution in [2.24, 2.45) is 0 Å². The molecule has 0 aromatic heterocycles. The average molecular weight is 523 g/mol. The van der Waals surface area contributed by atoms with Crippen molar-refractivity contribution in [2.45, 2.75) is 55.9 Å². The minimum Gasteiger partial charge on any atom is -0.448 e. The summed E-state index contributed by atoms with van der Waals surface area (Å²) in [5.74, 6) is 0. The van der Waals surface area contributed by atoms with Crippen LogP contribution in [0.15, 0.2) is 23.1 Å². The molecule has 0 saturated heterocycles. The first-order chi connectivity index (χ1) is 15.7. The Kier molecular flexibility index (Phi) is 11.5. The molecule has 1 fully saturated rings. The third-order valence-corrected chi connectivity index (χ3v) is 7.53. The molecule has 186 valence electrons. The molecule has 0 bridgehead atoms. The van der Waals surface area contributed by atoms with Crippen LogP contribution in [0.4, 0.5) is 9.59 Å². The highest BCUT2D eigenvalue weighted by Gasteiger charge is 2.21. The number of carbonyl (C=O) groups is 2. The number of benzene rings is 1. The standard InChI is InChI=1S/C21H32Cl2N4O5S/c1-24-21(29)32-14-13-27(20(28)26-17-7-3-2-4-8-17)12-6-5-11-25-33(30,31)19-10-9-16(22)15-18(19)23/h9-10,15,17,25H,2-8,11-14H2,1H3,(H,24,29)(H,26,28). The lowest BCUT2D eigenvalue weighted by Crippen LogP contribution is -2.47. The number of amides is 3. The van der Waals surface area contributed by atoms with E-state index < -0.39 is 16.1 Å². The fourth-order valence-corrected chi connectivity index (χ4v) is 5.40. The van der Waals surface area contributed by atoms with Crippen LogP contribution in [-0.2, 0) is 14.8 Å². The number of unbranched alkanes of at least 4 members (excludes halogenated alkanes) is 1. The molecule has 33 heavy (non-hydrogen) atoms. The second-order valence-corrected chi connectivity index (χ2v) is 10.4. The lowest BCUT2D eigenvalue weighted by Gasteiger charge is -2.28. The predicted octanol–water partition coefficient (Wildman–Crippen LogP) is 3.75. The van der Waals surface area contributed by atoms with Crippen LogP contribution in [0.3, 0.4) is 0 Å². The number of alkyl carbamates (subject to hydrolysis) is 1. The minimum absolute atomic E-state index is 0.0339. The summed E-state index contributed by atoms with van der Waals surface area (Å²) in [5, 5.41) is 5.83. The van der Waals surface area contributed by atoms with E-state index in [-0.39, 0.29) is 41.7 Å². The number of hydrogen-bond donors (Lipinski definition) is 3. The van der Waals surface area contributed by atoms with Gasteiger partial charge >= 0.3 is 12.1 Å². The summed E-state index contributed by atoms with van der Waals surface area (Å²) in [4.78, 5) is 25.6. The fraction of sp³-hybridized carbons (Fsp3) is 0.619. The topological polar surface area (TPSA) is 117 Å². The SMILES string of the molecule is CNC(=O)OCCN(CCCCNS(=O)(=O)c1ccc(Cl)cc1Cl)C(=O)NC1CCCCC1. The number of halogens is 2. The molecule has 2 rings (SSSR count). The molecule has 1 aliphatic rings. The molecule has 3 amide bonds. The Morgan fingerprint density at radius 2 is 1.85 bits per heavy atom. The van der Waals surface area contributed by atoms with Crippen molar-refractivity contribution >= 4 is 45.3 Å². The van der Waals surface area contributed by atoms with Crippen molar-refractivity contribution in [3.63, 3.8) is 0 Å². The van der Waals surface area contributed by atoms with E-state index in [0.29, 0.717) is 24.4 Å². The number of ether oxygens (including phenoxy) is 1. The third kappa shape index (κ3) is 9.56. The highest BCUT2D eigenvalue weighted by Crippen LogP contribution is 2.24. The molecule has 1 saturated carbocycles. The maximum absolute atomic E-state index is 12.8. The van der Waals surface area contributed by atoms with E-state index >= 15 is 0 Å². The first-order valence-corrected chi connectivity index (χ1v) is 13.3. The van der Waals surface area contributed by atoms with Gasteiger partial charge in [0.2, 0.25) is 10.0 Å². The van der Waals surface area contributed by atoms with Crippen LogP contribution < -0.4 is 15.4 Å². The van der Waals surface area contributed by atoms with Crippen molar-refractivity contribution in [1.29, 1.82) is 0 Å². The molecular weight excluding hydrogens is 491 g/mol. The van der Waals surface area contributed by atoms with Crippen LogP contribution in [0.1, 0.15) is 44.9 Å². The molecule has 0 heterocycles. The number of carbonyl (C=O) groups excluding carboxylic acids is 2. The van der Waals surface area contributed by atoms with E-state index in [1.165, 1.54) is 31.7 Å². The van der Waals surface area contributed by atoms with Gasteiger partial charge in [-0.3, -0.25) is 0 Å². The van der Waals surface area contributed by atoms with Gasteiger partial charge in [-0.15, -0.1) is 0 Å². The Hall–Kier alpha value is -1.75. The second-order valence-electron chi connectivity index (χ2n) is 7.84. The molecule has 1 aromatic rings. The second kappa shape index (κ2) is 13.8. The van der Waals surface area contributed by atoms with Crippen LogP contribution in [0.2, 0.25) is 10.0 Å². The highest BCUT2D eigenvalue weighted by atomic mass is 35.5. The van der Waals surface area contributed by atoms with Gasteiger partial charge in [0.1, 0.15) is 11.5 Å². The molecule has 9 nitrogen and oxygen atoms in total. The summed E-state index contributed by atoms with van der Waals surface area (Å²) < 4.78 is 32.4. The summed E-state index contributed by atoms with van der Waals surface area (Å²) in [7, 11) is -2.30. The first-order valence-electron chi connectivity index (χ1n) is 11.1. The van der Waals surface area contributed by atoms with Gasteiger partial charge in [0.05, 0.1) is 11.6 Å². The Balaban J connectivity index is 1.83. The van der Waals surface area contributed by atoms with Gasteiger partial charge in [-0.25, -0.2) is 22.7 Å². The van der Waals surface area contributed by atoms with Gasteiger partial charge in [0.15, 0.2) is 0 Å². The van der Waals surface area contributed by atoms with E-state index in [2.05, 4.69) is 15.4 Å². The van der Waals surface area contributed by atoms with E-state index in [4.69, 9.17) is 27.9 Å². The molecule has 1 aliphatic carbocycles. The van der Waals surface area contributed by atoms with Crippen LogP contribution in [-0.4, -0.2) is 64.8 Å². The normalized spacial score (nSPS) is 14.5. The summed E-state index contributed by atoms with van der Waals surface area (Å²) in [6.45, 7) is 0.907. The molecule has 0 spiro atoms. The number of rotatable bonds is 11. The lowest BCUT2D eigenvalue weighted by molar-refractivity contribution is 0.129. The zero-order chi connectivity index (χ0) is 24.3. The largest absolute Gasteiger partial charge is 0.448 e. The molecule has 0 aliphatic heterocycles. The van der Waals surface area contributed by atoms with Gasteiger partial charge in [0.25, 0.3) is 0 Å². The smallest absolute Gasteiger partial charge is 0.406 e. The molecule has 1 aromatic carbocycles. The van der Waals surface area contributed by atoms with Crippen molar-refractivity contribution in [3.8, 4) is 0 Å². The van der Waals surface area contributed by atoms with Crippen LogP contribution in [0.5, 0.6) is 0 Å². The maximum Gasteiger partial charge on any atom is 0.406 e. The lowest BCUT2D eigenvalue weighted by atomic mass is 9.96. The maximum atomic E-state index is 12.8. The zero-order valence-electron chi connectivity index (χ0n) is 18.7. The predicted molar refractivity (Wildman–Crippen MR) is 128 cm³/mol. The highest BCUT2D eigenvalue weighted by molar-refractivity contribution is 7.89. The van der Waals surface area contributed by atoms with Crippen LogP contribution >= 0.6 is 23.2 Å². The third-order valence-electron chi connectivity index (χ3n) is 5.35. The van der Waals surface area contributed by atoms with Crippen molar-refractivity contribution in [1.82, 2.24) is 20.3 Å². The summed E-state index contributed by atoms with van der Waals surface area (Å²) in [5.41, 5.74) is 0. The molecular formula is C21H32Cl2N4O5S. The Morgan fingerprint density at radius 1 is 1.12 bits per heavy atom. The minimum atomic E-state index is -3.77. The van der Waals surface area contributed by atoms with Crippen LogP contribution in [0.25, 0.3) is 0 Å². The molecule has 0 atom stereocenters. The van der Waals surface area contributed by atoms with E-state index in [0.717, 1.165) is 25.7 Å². The average Bonchev–Trinajstić information content (AvgIpc) is 2.77. The fourth-order valence-electron chi connectivity index (χ4n) is 3.55. The number of urea groups is 1. The van der Waals surface area contributed by atoms with Gasteiger partial charge in [-0.1, -0.05) is 42.5 Å². The first kappa shape index (κ1) is 27.5. The van der Waals surface area contributed by atoms with Gasteiger partial charge in [0, 0.05) is 31.2 Å². The molecule has 3 N–H and O–H groups in total. The Labute approximate surface area is 205 Å². The van der Waals surface area contributed by atoms with Crippen LogP contribution in [0, 0.1) is 0 Å². The van der Waals surface area contributed by atoms with Gasteiger partial charge in [-0.05, 0) is 43.9 Å². The number of nitrogens with one attached hydrogen (secondary N) is 3. The summed E-state index contributed by atoms with van der Waals surface area (Å²) in [6.07, 6.45) is 5.83. The van der Waals surface area contributed by atoms with Crippen molar-refractivity contribution in [3.05, 3.63) is 28.2 Å². The van der Waals surface area contributed by atoms with Crippen molar-refractivity contribution < 1.29 is 22.7 Å². The summed E-state index contributed by atoms with van der Waals surface area (Å²) >= 11 is 11.8. The number of hydrogen-bond acceptors (Lipinski definition) is 5. The monoisotopic (exact) mass is 522 g/mol. The Morgan fingerprint density at radius 3 is 2.52 bits per heavy atom. The molecule has 12 heteroatoms. The number of sulfonamides is 1. The quantitative estimate of drug-likeness (QED) is 0.382. The number of nitrogens with zero attached hydrogens (tertiary/aromatic N) is 1. The molecule has 0 radical (unpaired) electrons. The summed E-state index contributed by atoms with van der Waals surface area (Å²) in [6, 6.07) is 4.16. The van der Waals surface area contributed by atoms with Gasteiger partial charge in [-0.2, -0.15) is 0 Å². The zero-order valence-corrected chi connectivity index (χ0v) is 21.1. The van der Waals surface area contributed by atoms with Gasteiger partial charge < -0.3 is 20.3 Å². The van der Waals surface area contributed by atoms with E-state index in [1.807, 2.05) is 0 Å². The molecule has 0 unspecified atom stereocenters.